The van der Waals surface area contributed by atoms with E-state index in [0.717, 1.165) is 0 Å². The molecule has 1 unspecified atom stereocenters. The molecule has 2 saturated heterocycles. The van der Waals surface area contributed by atoms with Crippen molar-refractivity contribution in [2.24, 2.45) is 5.92 Å². The molecule has 2 aliphatic rings. The van der Waals surface area contributed by atoms with Crippen LogP contribution in [-0.2, 0) is 28.5 Å². The maximum atomic E-state index is 13.7. The third-order valence-corrected chi connectivity index (χ3v) is 7.43. The van der Waals surface area contributed by atoms with E-state index < -0.39 is 66.0 Å². The monoisotopic (exact) mass is 604 g/mol. The van der Waals surface area contributed by atoms with Crippen molar-refractivity contribution in [2.45, 2.75) is 117 Å². The van der Waals surface area contributed by atoms with Gasteiger partial charge in [0.15, 0.2) is 11.6 Å². The lowest BCUT2D eigenvalue weighted by Crippen LogP contribution is -2.50. The molecule has 2 amide bonds. The molecule has 2 aromatic heterocycles. The smallest absolute Gasteiger partial charge is 0.411 e. The molecule has 43 heavy (non-hydrogen) atoms. The first-order valence-corrected chi connectivity index (χ1v) is 14.6. The molecule has 6 atom stereocenters. The van der Waals surface area contributed by atoms with E-state index in [0.29, 0.717) is 23.0 Å². The predicted molar refractivity (Wildman–Crippen MR) is 156 cm³/mol. The van der Waals surface area contributed by atoms with Crippen molar-refractivity contribution in [1.29, 1.82) is 0 Å². The summed E-state index contributed by atoms with van der Waals surface area (Å²) in [5.74, 6) is -1.65. The Kier molecular flexibility index (Phi) is 9.12. The van der Waals surface area contributed by atoms with Crippen LogP contribution in [0.3, 0.4) is 0 Å². The zero-order chi connectivity index (χ0) is 31.9. The van der Waals surface area contributed by atoms with Gasteiger partial charge in [-0.25, -0.2) is 24.4 Å². The summed E-state index contributed by atoms with van der Waals surface area (Å²) in [5, 5.41) is 2.65. The average molecular weight is 605 g/mol. The highest BCUT2D eigenvalue weighted by Gasteiger charge is 2.61. The number of ether oxygens (including phenoxy) is 5. The molecule has 0 radical (unpaired) electrons. The third-order valence-electron chi connectivity index (χ3n) is 7.43. The number of anilines is 1. The Morgan fingerprint density at radius 3 is 2.47 bits per heavy atom. The summed E-state index contributed by atoms with van der Waals surface area (Å²) >= 11 is 0. The lowest BCUT2D eigenvalue weighted by molar-refractivity contribution is -0.171. The lowest BCUT2D eigenvalue weighted by atomic mass is 9.99. The number of fused-ring (bicyclic) bond motifs is 2. The standard InChI is InChI=1S/C29H44N6O8/c1-10-15(4)18(34-26(37)43-28(5,6)7)25(36)39-12-17-22-23(42-29(8,9)41-22)21(35(17)27(38)40-14(2)3)16-11-31-20-19(16)32-13-33-24(20)30/h11,13-15,17-18,21-23,31H,10,12H2,1-9H3,(H,34,37)(H2,30,32,33)/t15?,17-,18+,21+,22-,23+/m1/s1. The Morgan fingerprint density at radius 1 is 1.16 bits per heavy atom. The molecule has 2 fully saturated rings. The number of nitrogen functional groups attached to an aromatic ring is 1. The minimum Gasteiger partial charge on any atom is -0.462 e. The number of nitrogens with one attached hydrogen (secondary N) is 2. The van der Waals surface area contributed by atoms with E-state index in [1.54, 1.807) is 54.7 Å². The van der Waals surface area contributed by atoms with Gasteiger partial charge in [0.1, 0.15) is 42.3 Å². The van der Waals surface area contributed by atoms with Crippen LogP contribution >= 0.6 is 0 Å². The number of carbonyl (C=O) groups excluding carboxylic acids is 3. The number of nitrogens with zero attached hydrogens (tertiary/aromatic N) is 3. The van der Waals surface area contributed by atoms with Crippen LogP contribution in [0.4, 0.5) is 15.4 Å². The van der Waals surface area contributed by atoms with Gasteiger partial charge in [0.25, 0.3) is 0 Å². The summed E-state index contributed by atoms with van der Waals surface area (Å²) in [6.45, 7) is 15.7. The number of nitrogens with two attached hydrogens (primary N) is 1. The third kappa shape index (κ3) is 6.96. The highest BCUT2D eigenvalue weighted by molar-refractivity contribution is 5.88. The molecule has 14 nitrogen and oxygen atoms in total. The number of amides is 2. The number of rotatable bonds is 8. The first-order chi connectivity index (χ1) is 20.0. The molecule has 4 N–H and O–H groups in total. The molecule has 0 spiro atoms. The van der Waals surface area contributed by atoms with Crippen molar-refractivity contribution in [3.05, 3.63) is 18.1 Å². The number of aromatic amines is 1. The van der Waals surface area contributed by atoms with Gasteiger partial charge in [0.05, 0.1) is 23.7 Å². The summed E-state index contributed by atoms with van der Waals surface area (Å²) < 4.78 is 29.5. The number of carbonyl (C=O) groups is 3. The highest BCUT2D eigenvalue weighted by atomic mass is 16.8. The average Bonchev–Trinajstić information content (AvgIpc) is 3.53. The number of hydrogen-bond acceptors (Lipinski definition) is 11. The molecule has 14 heteroatoms. The van der Waals surface area contributed by atoms with Crippen LogP contribution in [0.5, 0.6) is 0 Å². The first-order valence-electron chi connectivity index (χ1n) is 14.6. The maximum absolute atomic E-state index is 13.7. The van der Waals surface area contributed by atoms with Gasteiger partial charge >= 0.3 is 18.2 Å². The molecule has 238 valence electrons. The molecule has 0 aliphatic carbocycles. The molecule has 0 bridgehead atoms. The molecular weight excluding hydrogens is 560 g/mol. The van der Waals surface area contributed by atoms with Crippen LogP contribution in [0.25, 0.3) is 11.0 Å². The summed E-state index contributed by atoms with van der Waals surface area (Å²) in [6, 6.07) is -2.50. The maximum Gasteiger partial charge on any atom is 0.411 e. The van der Waals surface area contributed by atoms with Gasteiger partial charge < -0.3 is 39.7 Å². The van der Waals surface area contributed by atoms with Gasteiger partial charge in [0.2, 0.25) is 0 Å². The van der Waals surface area contributed by atoms with Gasteiger partial charge in [0, 0.05) is 11.8 Å². The van der Waals surface area contributed by atoms with Crippen LogP contribution < -0.4 is 11.1 Å². The van der Waals surface area contributed by atoms with Crippen molar-refractivity contribution in [1.82, 2.24) is 25.2 Å². The second kappa shape index (κ2) is 12.2. The van der Waals surface area contributed by atoms with E-state index in [1.807, 2.05) is 13.8 Å². The number of likely N-dealkylation sites (tertiary alicyclic amines) is 1. The number of esters is 1. The Balaban J connectivity index is 1.67. The van der Waals surface area contributed by atoms with Crippen molar-refractivity contribution in [3.63, 3.8) is 0 Å². The van der Waals surface area contributed by atoms with Crippen LogP contribution in [0.15, 0.2) is 12.5 Å². The SMILES string of the molecule is CCC(C)[C@H](NC(=O)OC(C)(C)C)C(=O)OC[C@@H]1[C@H]2OC(C)(C)O[C@H]2[C@H](c2c[nH]c3c(N)ncnc23)N1C(=O)OC(C)C. The summed E-state index contributed by atoms with van der Waals surface area (Å²) in [7, 11) is 0. The predicted octanol–water partition coefficient (Wildman–Crippen LogP) is 3.81. The van der Waals surface area contributed by atoms with E-state index in [1.165, 1.54) is 11.2 Å². The van der Waals surface area contributed by atoms with Crippen LogP contribution in [0.2, 0.25) is 0 Å². The fourth-order valence-electron chi connectivity index (χ4n) is 5.46. The second-order valence-electron chi connectivity index (χ2n) is 12.8. The summed E-state index contributed by atoms with van der Waals surface area (Å²) in [4.78, 5) is 52.8. The van der Waals surface area contributed by atoms with Crippen molar-refractivity contribution < 1.29 is 38.1 Å². The normalized spacial score (nSPS) is 24.5. The van der Waals surface area contributed by atoms with Crippen LogP contribution in [-0.4, -0.2) is 86.4 Å². The van der Waals surface area contributed by atoms with Gasteiger partial charge in [-0.05, 0) is 54.4 Å². The molecule has 2 aromatic rings. The minimum absolute atomic E-state index is 0.244. The molecule has 0 aromatic carbocycles. The van der Waals surface area contributed by atoms with Crippen molar-refractivity contribution in [2.75, 3.05) is 12.3 Å². The van der Waals surface area contributed by atoms with Gasteiger partial charge in [-0.1, -0.05) is 20.3 Å². The molecule has 4 rings (SSSR count). The number of alkyl carbamates (subject to hydrolysis) is 1. The summed E-state index contributed by atoms with van der Waals surface area (Å²) in [6.07, 6.45) is 0.519. The fraction of sp³-hybridized carbons (Fsp3) is 0.690. The van der Waals surface area contributed by atoms with E-state index in [2.05, 4.69) is 20.3 Å². The lowest BCUT2D eigenvalue weighted by Gasteiger charge is -2.34. The topological polar surface area (TPSA) is 180 Å². The van der Waals surface area contributed by atoms with Gasteiger partial charge in [-0.2, -0.15) is 0 Å². The largest absolute Gasteiger partial charge is 0.462 e. The second-order valence-corrected chi connectivity index (χ2v) is 12.8. The van der Waals surface area contributed by atoms with Crippen LogP contribution in [0.1, 0.15) is 80.3 Å². The number of aromatic nitrogens is 3. The number of hydrogen-bond donors (Lipinski definition) is 3. The minimum atomic E-state index is -0.985. The first kappa shape index (κ1) is 32.3. The van der Waals surface area contributed by atoms with Gasteiger partial charge in [-0.3, -0.25) is 4.90 Å². The van der Waals surface area contributed by atoms with Crippen LogP contribution in [0, 0.1) is 5.92 Å². The zero-order valence-electron chi connectivity index (χ0n) is 26.3. The van der Waals surface area contributed by atoms with Crippen molar-refractivity contribution in [3.8, 4) is 0 Å². The zero-order valence-corrected chi connectivity index (χ0v) is 26.3. The molecule has 0 saturated carbocycles. The van der Waals surface area contributed by atoms with E-state index in [9.17, 15) is 14.4 Å². The van der Waals surface area contributed by atoms with E-state index >= 15 is 0 Å². The molecule has 4 heterocycles. The Bertz CT molecular complexity index is 1340. The van der Waals surface area contributed by atoms with Crippen molar-refractivity contribution >= 4 is 35.0 Å². The van der Waals surface area contributed by atoms with E-state index in [-0.39, 0.29) is 18.3 Å². The summed E-state index contributed by atoms with van der Waals surface area (Å²) in [5.41, 5.74) is 6.99. The fourth-order valence-corrected chi connectivity index (χ4v) is 5.46. The quantitative estimate of drug-likeness (QED) is 0.294. The highest BCUT2D eigenvalue weighted by Crippen LogP contribution is 2.48. The number of H-pyrrole nitrogens is 1. The van der Waals surface area contributed by atoms with E-state index in [4.69, 9.17) is 29.4 Å². The Hall–Kier alpha value is -3.65. The molecule has 2 aliphatic heterocycles. The Morgan fingerprint density at radius 2 is 1.84 bits per heavy atom. The molecular formula is C29H44N6O8. The van der Waals surface area contributed by atoms with Gasteiger partial charge in [-0.15, -0.1) is 0 Å². The Labute approximate surface area is 251 Å².